The van der Waals surface area contributed by atoms with E-state index >= 15 is 0 Å². The maximum absolute atomic E-state index is 12.4. The monoisotopic (exact) mass is 315 g/mol. The van der Waals surface area contributed by atoms with Crippen LogP contribution in [0.3, 0.4) is 0 Å². The van der Waals surface area contributed by atoms with Gasteiger partial charge in [-0.2, -0.15) is 8.42 Å². The van der Waals surface area contributed by atoms with Crippen molar-refractivity contribution in [1.29, 1.82) is 0 Å². The van der Waals surface area contributed by atoms with Gasteiger partial charge in [0, 0.05) is 19.2 Å². The summed E-state index contributed by atoms with van der Waals surface area (Å²) in [5.74, 6) is 0.363. The van der Waals surface area contributed by atoms with E-state index in [0.717, 1.165) is 23.2 Å². The predicted molar refractivity (Wildman–Crippen MR) is 85.9 cm³/mol. The third-order valence-electron chi connectivity index (χ3n) is 3.58. The van der Waals surface area contributed by atoms with Crippen LogP contribution in [0.5, 0.6) is 5.75 Å². The molecule has 0 amide bonds. The van der Waals surface area contributed by atoms with Crippen LogP contribution in [-0.4, -0.2) is 20.4 Å². The number of nitrogens with zero attached hydrogens (tertiary/aromatic N) is 1. The molecular formula is C17H17NO3S. The number of rotatable bonds is 3. The van der Waals surface area contributed by atoms with Gasteiger partial charge in [0.25, 0.3) is 0 Å². The van der Waals surface area contributed by atoms with Gasteiger partial charge in [-0.3, -0.25) is 0 Å². The summed E-state index contributed by atoms with van der Waals surface area (Å²) in [7, 11) is -1.86. The molecule has 2 aromatic rings. The van der Waals surface area contributed by atoms with E-state index in [0.29, 0.717) is 5.75 Å². The minimum Gasteiger partial charge on any atom is -0.378 e. The average molecular weight is 315 g/mol. The SMILES string of the molecule is Cc1ccc(S(=O)(=O)Oc2cccc3c2C=CN(C)C3)cc1. The van der Waals surface area contributed by atoms with Crippen LogP contribution in [0.25, 0.3) is 6.08 Å². The fourth-order valence-electron chi connectivity index (χ4n) is 2.38. The van der Waals surface area contributed by atoms with E-state index in [9.17, 15) is 8.42 Å². The van der Waals surface area contributed by atoms with Crippen LogP contribution in [0.2, 0.25) is 0 Å². The molecule has 3 rings (SSSR count). The van der Waals surface area contributed by atoms with Crippen molar-refractivity contribution in [2.24, 2.45) is 0 Å². The highest BCUT2D eigenvalue weighted by atomic mass is 32.2. The fraction of sp³-hybridized carbons (Fsp3) is 0.176. The first kappa shape index (κ1) is 14.7. The topological polar surface area (TPSA) is 46.6 Å². The summed E-state index contributed by atoms with van der Waals surface area (Å²) in [4.78, 5) is 2.19. The van der Waals surface area contributed by atoms with E-state index in [4.69, 9.17) is 4.18 Å². The van der Waals surface area contributed by atoms with E-state index < -0.39 is 10.1 Å². The van der Waals surface area contributed by atoms with Crippen LogP contribution in [0, 0.1) is 6.92 Å². The Hall–Kier alpha value is -2.27. The molecule has 2 aromatic carbocycles. The van der Waals surface area contributed by atoms with Crippen LogP contribution >= 0.6 is 0 Å². The summed E-state index contributed by atoms with van der Waals surface area (Å²) in [5, 5.41) is 0. The Morgan fingerprint density at radius 1 is 1.09 bits per heavy atom. The highest BCUT2D eigenvalue weighted by molar-refractivity contribution is 7.87. The number of hydrogen-bond acceptors (Lipinski definition) is 4. The molecule has 0 atom stereocenters. The number of hydrogen-bond donors (Lipinski definition) is 0. The van der Waals surface area contributed by atoms with E-state index in [1.165, 1.54) is 0 Å². The summed E-state index contributed by atoms with van der Waals surface area (Å²) in [6.45, 7) is 2.64. The normalized spacial score (nSPS) is 13.8. The van der Waals surface area contributed by atoms with Gasteiger partial charge in [0.2, 0.25) is 0 Å². The van der Waals surface area contributed by atoms with Crippen LogP contribution in [0.15, 0.2) is 53.6 Å². The van der Waals surface area contributed by atoms with E-state index in [-0.39, 0.29) is 4.90 Å². The molecule has 0 N–H and O–H groups in total. The molecule has 0 unspecified atom stereocenters. The van der Waals surface area contributed by atoms with Crippen LogP contribution in [0.4, 0.5) is 0 Å². The van der Waals surface area contributed by atoms with Crippen LogP contribution in [-0.2, 0) is 16.7 Å². The van der Waals surface area contributed by atoms with E-state index in [1.807, 2.05) is 43.3 Å². The zero-order valence-corrected chi connectivity index (χ0v) is 13.3. The van der Waals surface area contributed by atoms with Gasteiger partial charge in [-0.05, 0) is 43.0 Å². The maximum Gasteiger partial charge on any atom is 0.339 e. The Balaban J connectivity index is 1.96. The molecule has 114 valence electrons. The Morgan fingerprint density at radius 3 is 2.55 bits per heavy atom. The molecule has 1 heterocycles. The molecule has 1 aliphatic rings. The highest BCUT2D eigenvalue weighted by Gasteiger charge is 2.20. The fourth-order valence-corrected chi connectivity index (χ4v) is 3.33. The lowest BCUT2D eigenvalue weighted by molar-refractivity contribution is 0.443. The second-order valence-electron chi connectivity index (χ2n) is 5.41. The van der Waals surface area contributed by atoms with E-state index in [1.54, 1.807) is 30.3 Å². The van der Waals surface area contributed by atoms with Gasteiger partial charge in [-0.15, -0.1) is 0 Å². The first-order chi connectivity index (χ1) is 10.5. The zero-order valence-electron chi connectivity index (χ0n) is 12.5. The third-order valence-corrected chi connectivity index (χ3v) is 4.83. The van der Waals surface area contributed by atoms with Crippen molar-refractivity contribution in [2.45, 2.75) is 18.4 Å². The number of fused-ring (bicyclic) bond motifs is 1. The second kappa shape index (κ2) is 5.50. The smallest absolute Gasteiger partial charge is 0.339 e. The Bertz CT molecular complexity index is 823. The largest absolute Gasteiger partial charge is 0.378 e. The molecule has 0 aliphatic carbocycles. The van der Waals surface area contributed by atoms with Gasteiger partial charge in [-0.1, -0.05) is 29.8 Å². The summed E-state index contributed by atoms with van der Waals surface area (Å²) in [5.41, 5.74) is 2.86. The average Bonchev–Trinajstić information content (AvgIpc) is 2.47. The van der Waals surface area contributed by atoms with Crippen molar-refractivity contribution in [2.75, 3.05) is 7.05 Å². The molecule has 22 heavy (non-hydrogen) atoms. The lowest BCUT2D eigenvalue weighted by atomic mass is 10.0. The summed E-state index contributed by atoms with van der Waals surface area (Å²) in [6.07, 6.45) is 3.78. The van der Waals surface area contributed by atoms with Crippen LogP contribution in [0.1, 0.15) is 16.7 Å². The van der Waals surface area contributed by atoms with Crippen molar-refractivity contribution in [3.05, 3.63) is 65.4 Å². The first-order valence-electron chi connectivity index (χ1n) is 6.97. The van der Waals surface area contributed by atoms with Gasteiger partial charge < -0.3 is 9.08 Å². The minimum atomic E-state index is -3.82. The van der Waals surface area contributed by atoms with Crippen molar-refractivity contribution in [3.63, 3.8) is 0 Å². The first-order valence-corrected chi connectivity index (χ1v) is 8.38. The Morgan fingerprint density at radius 2 is 1.82 bits per heavy atom. The number of benzene rings is 2. The molecule has 4 nitrogen and oxygen atoms in total. The molecule has 0 aromatic heterocycles. The maximum atomic E-state index is 12.4. The van der Waals surface area contributed by atoms with Gasteiger partial charge in [0.05, 0.1) is 0 Å². The van der Waals surface area contributed by atoms with Gasteiger partial charge >= 0.3 is 10.1 Å². The number of aryl methyl sites for hydroxylation is 1. The molecule has 0 saturated heterocycles. The highest BCUT2D eigenvalue weighted by Crippen LogP contribution is 2.30. The van der Waals surface area contributed by atoms with Gasteiger partial charge in [-0.25, -0.2) is 0 Å². The molecular weight excluding hydrogens is 298 g/mol. The van der Waals surface area contributed by atoms with Crippen molar-refractivity contribution >= 4 is 16.2 Å². The summed E-state index contributed by atoms with van der Waals surface area (Å²) >= 11 is 0. The molecule has 1 aliphatic heterocycles. The summed E-state index contributed by atoms with van der Waals surface area (Å²) < 4.78 is 30.2. The second-order valence-corrected chi connectivity index (χ2v) is 6.96. The molecule has 0 bridgehead atoms. The summed E-state index contributed by atoms with van der Waals surface area (Å²) in [6, 6.07) is 12.1. The standard InChI is InChI=1S/C17H17NO3S/c1-13-6-8-15(9-7-13)22(19,20)21-17-5-3-4-14-12-18(2)11-10-16(14)17/h3-11H,12H2,1-2H3. The molecule has 0 radical (unpaired) electrons. The van der Waals surface area contributed by atoms with E-state index in [2.05, 4.69) is 0 Å². The lowest BCUT2D eigenvalue weighted by Gasteiger charge is -2.22. The van der Waals surface area contributed by atoms with Crippen LogP contribution < -0.4 is 4.18 Å². The molecule has 0 fully saturated rings. The lowest BCUT2D eigenvalue weighted by Crippen LogP contribution is -2.16. The predicted octanol–water partition coefficient (Wildman–Crippen LogP) is 3.18. The van der Waals surface area contributed by atoms with Gasteiger partial charge in [0.15, 0.2) is 5.75 Å². The third kappa shape index (κ3) is 2.85. The van der Waals surface area contributed by atoms with Crippen molar-refractivity contribution in [1.82, 2.24) is 4.90 Å². The molecule has 5 heteroatoms. The van der Waals surface area contributed by atoms with Crippen molar-refractivity contribution < 1.29 is 12.6 Å². The zero-order chi connectivity index (χ0) is 15.7. The Kier molecular flexibility index (Phi) is 3.66. The quantitative estimate of drug-likeness (QED) is 0.816. The van der Waals surface area contributed by atoms with Gasteiger partial charge in [0.1, 0.15) is 4.90 Å². The Labute approximate surface area is 130 Å². The molecule has 0 spiro atoms. The van der Waals surface area contributed by atoms with Crippen molar-refractivity contribution in [3.8, 4) is 5.75 Å². The minimum absolute atomic E-state index is 0.160. The molecule has 0 saturated carbocycles.